The summed E-state index contributed by atoms with van der Waals surface area (Å²) in [5, 5.41) is 11.5. The Hall–Kier alpha value is -4.97. The van der Waals surface area contributed by atoms with Gasteiger partial charge in [0.25, 0.3) is 0 Å². The number of hydrogen-bond donors (Lipinski definition) is 3. The number of ether oxygens (including phenoxy) is 3. The van der Waals surface area contributed by atoms with E-state index in [0.29, 0.717) is 58.5 Å². The number of fused-ring (bicyclic) bond motifs is 3. The lowest BCUT2D eigenvalue weighted by Crippen LogP contribution is -2.40. The molecule has 0 unspecified atom stereocenters. The third kappa shape index (κ3) is 7.07. The van der Waals surface area contributed by atoms with Gasteiger partial charge in [-0.1, -0.05) is 26.3 Å². The van der Waals surface area contributed by atoms with Crippen molar-refractivity contribution >= 4 is 34.0 Å². The summed E-state index contributed by atoms with van der Waals surface area (Å²) in [7, 11) is 4.66. The zero-order valence-corrected chi connectivity index (χ0v) is 28.1. The fourth-order valence-electron chi connectivity index (χ4n) is 5.86. The van der Waals surface area contributed by atoms with E-state index in [9.17, 15) is 14.4 Å². The first-order valence-corrected chi connectivity index (χ1v) is 16.3. The second kappa shape index (κ2) is 14.6. The van der Waals surface area contributed by atoms with Crippen LogP contribution in [-0.4, -0.2) is 49.2 Å². The van der Waals surface area contributed by atoms with Gasteiger partial charge in [-0.25, -0.2) is 4.98 Å². The lowest BCUT2D eigenvalue weighted by atomic mass is 9.95. The van der Waals surface area contributed by atoms with Gasteiger partial charge in [0, 0.05) is 35.8 Å². The highest BCUT2D eigenvalue weighted by Gasteiger charge is 2.30. The van der Waals surface area contributed by atoms with Crippen LogP contribution in [0.1, 0.15) is 50.8 Å². The van der Waals surface area contributed by atoms with Crippen molar-refractivity contribution in [3.8, 4) is 39.6 Å². The Morgan fingerprint density at radius 1 is 1.09 bits per heavy atom. The average Bonchev–Trinajstić information content (AvgIpc) is 3.42. The summed E-state index contributed by atoms with van der Waals surface area (Å²) in [6, 6.07) is 9.51. The van der Waals surface area contributed by atoms with Crippen LogP contribution in [0.15, 0.2) is 59.0 Å². The SMILES string of the molecule is CC[C@H](C)[C@H](Nc1ccc2c(cc1=O)[C@H](NC(C)=O)CCc1cc(OC)c(OC)c(OC)c1-2)C(=O)Nc1nc(-c2cccnc2)cs1. The molecule has 246 valence electrons. The molecule has 47 heavy (non-hydrogen) atoms. The maximum atomic E-state index is 13.9. The highest BCUT2D eigenvalue weighted by Crippen LogP contribution is 2.50. The van der Waals surface area contributed by atoms with E-state index >= 15 is 0 Å². The van der Waals surface area contributed by atoms with Crippen molar-refractivity contribution in [2.45, 2.75) is 52.1 Å². The molecule has 12 heteroatoms. The van der Waals surface area contributed by atoms with Crippen LogP contribution < -0.4 is 35.6 Å². The first-order chi connectivity index (χ1) is 22.7. The summed E-state index contributed by atoms with van der Waals surface area (Å²) in [6.07, 6.45) is 5.22. The fourth-order valence-corrected chi connectivity index (χ4v) is 6.58. The predicted molar refractivity (Wildman–Crippen MR) is 184 cm³/mol. The molecule has 2 amide bonds. The molecule has 3 N–H and O–H groups in total. The molecule has 0 fully saturated rings. The Balaban J connectivity index is 1.56. The van der Waals surface area contributed by atoms with Gasteiger partial charge in [-0.3, -0.25) is 19.4 Å². The number of nitrogens with one attached hydrogen (secondary N) is 3. The molecule has 0 radical (unpaired) electrons. The molecule has 0 spiro atoms. The third-order valence-electron chi connectivity index (χ3n) is 8.41. The number of rotatable bonds is 11. The molecule has 0 saturated heterocycles. The Kier molecular flexibility index (Phi) is 10.4. The number of benzene rings is 1. The third-order valence-corrected chi connectivity index (χ3v) is 9.17. The molecule has 2 aromatic heterocycles. The number of methoxy groups -OCH3 is 3. The van der Waals surface area contributed by atoms with Crippen molar-refractivity contribution in [3.05, 3.63) is 75.5 Å². The number of carbonyl (C=O) groups is 2. The van der Waals surface area contributed by atoms with E-state index in [-0.39, 0.29) is 28.8 Å². The number of anilines is 2. The van der Waals surface area contributed by atoms with E-state index in [0.717, 1.165) is 16.7 Å². The molecule has 0 bridgehead atoms. The Morgan fingerprint density at radius 3 is 2.53 bits per heavy atom. The van der Waals surface area contributed by atoms with Gasteiger partial charge < -0.3 is 30.2 Å². The van der Waals surface area contributed by atoms with Gasteiger partial charge in [-0.05, 0) is 65.8 Å². The Morgan fingerprint density at radius 2 is 1.87 bits per heavy atom. The summed E-state index contributed by atoms with van der Waals surface area (Å²) in [5.41, 5.74) is 4.50. The molecule has 2 heterocycles. The van der Waals surface area contributed by atoms with Gasteiger partial charge in [0.05, 0.1) is 38.8 Å². The van der Waals surface area contributed by atoms with Gasteiger partial charge in [-0.15, -0.1) is 11.3 Å². The van der Waals surface area contributed by atoms with Gasteiger partial charge in [0.2, 0.25) is 23.0 Å². The van der Waals surface area contributed by atoms with E-state index in [1.165, 1.54) is 24.3 Å². The summed E-state index contributed by atoms with van der Waals surface area (Å²) in [4.78, 5) is 48.6. The molecule has 5 rings (SSSR count). The highest BCUT2D eigenvalue weighted by molar-refractivity contribution is 7.14. The smallest absolute Gasteiger partial charge is 0.248 e. The first kappa shape index (κ1) is 33.4. The Labute approximate surface area is 277 Å². The standard InChI is InChI=1S/C35H39N5O6S/c1-7-19(2)31(34(43)40-35-39-27(18-47-35)22-9-8-14-36-17-22)38-26-13-11-23-24(16-28(26)42)25(37-20(3)41)12-10-21-15-29(44-4)32(45-5)33(46-6)30(21)23/h8-9,11,13-19,25,31H,7,10,12H2,1-6H3,(H,37,41)(H,38,42)(H,39,40,43)/t19-,25+,31-/m0/s1. The summed E-state index contributed by atoms with van der Waals surface area (Å²) >= 11 is 1.32. The number of amides is 2. The van der Waals surface area contributed by atoms with Crippen LogP contribution in [0.5, 0.6) is 17.2 Å². The minimum Gasteiger partial charge on any atom is -0.493 e. The molecule has 2 aromatic carbocycles. The van der Waals surface area contributed by atoms with E-state index in [2.05, 4.69) is 25.9 Å². The lowest BCUT2D eigenvalue weighted by molar-refractivity contribution is -0.120. The molecular weight excluding hydrogens is 618 g/mol. The zero-order valence-electron chi connectivity index (χ0n) is 27.3. The first-order valence-electron chi connectivity index (χ1n) is 15.4. The van der Waals surface area contributed by atoms with E-state index in [1.807, 2.05) is 43.5 Å². The molecule has 0 aliphatic heterocycles. The highest BCUT2D eigenvalue weighted by atomic mass is 32.1. The number of aryl methyl sites for hydroxylation is 1. The molecule has 1 aliphatic rings. The van der Waals surface area contributed by atoms with Crippen LogP contribution in [0.3, 0.4) is 0 Å². The van der Waals surface area contributed by atoms with E-state index in [1.54, 1.807) is 39.8 Å². The monoisotopic (exact) mass is 657 g/mol. The van der Waals surface area contributed by atoms with Gasteiger partial charge in [-0.2, -0.15) is 0 Å². The molecule has 11 nitrogen and oxygen atoms in total. The van der Waals surface area contributed by atoms with E-state index in [4.69, 9.17) is 14.2 Å². The number of hydrogen-bond acceptors (Lipinski definition) is 10. The molecular formula is C35H39N5O6S. The van der Waals surface area contributed by atoms with Gasteiger partial charge in [0.15, 0.2) is 16.6 Å². The zero-order chi connectivity index (χ0) is 33.7. The maximum Gasteiger partial charge on any atom is 0.248 e. The topological polar surface area (TPSA) is 141 Å². The predicted octanol–water partition coefficient (Wildman–Crippen LogP) is 5.85. The molecule has 1 aliphatic carbocycles. The van der Waals surface area contributed by atoms with Crippen LogP contribution in [0, 0.1) is 5.92 Å². The number of nitrogens with zero attached hydrogens (tertiary/aromatic N) is 2. The number of thiazole rings is 1. The van der Waals surface area contributed by atoms with E-state index < -0.39 is 12.1 Å². The van der Waals surface area contributed by atoms with Crippen LogP contribution in [0.4, 0.5) is 10.8 Å². The normalized spacial score (nSPS) is 14.8. The number of aromatic nitrogens is 2. The van der Waals surface area contributed by atoms with Crippen molar-refractivity contribution in [3.63, 3.8) is 0 Å². The quantitative estimate of drug-likeness (QED) is 0.181. The van der Waals surface area contributed by atoms with Crippen LogP contribution in [0.2, 0.25) is 0 Å². The summed E-state index contributed by atoms with van der Waals surface area (Å²) in [5.74, 6) is 0.760. The van der Waals surface area contributed by atoms with Gasteiger partial charge in [0.1, 0.15) is 6.04 Å². The van der Waals surface area contributed by atoms with Crippen molar-refractivity contribution in [1.82, 2.24) is 15.3 Å². The number of carbonyl (C=O) groups excluding carboxylic acids is 2. The number of pyridine rings is 1. The van der Waals surface area contributed by atoms with Crippen molar-refractivity contribution < 1.29 is 23.8 Å². The second-order valence-corrected chi connectivity index (χ2v) is 12.2. The van der Waals surface area contributed by atoms with Crippen LogP contribution in [-0.2, 0) is 16.0 Å². The van der Waals surface area contributed by atoms with Crippen LogP contribution in [0.25, 0.3) is 22.4 Å². The Bertz CT molecular complexity index is 1830. The summed E-state index contributed by atoms with van der Waals surface area (Å²) in [6.45, 7) is 5.40. The molecule has 4 aromatic rings. The van der Waals surface area contributed by atoms with Gasteiger partial charge >= 0.3 is 0 Å². The van der Waals surface area contributed by atoms with Crippen molar-refractivity contribution in [2.24, 2.45) is 5.92 Å². The minimum atomic E-state index is -0.738. The maximum absolute atomic E-state index is 13.9. The van der Waals surface area contributed by atoms with Crippen LogP contribution >= 0.6 is 11.3 Å². The lowest BCUT2D eigenvalue weighted by Gasteiger charge is -2.23. The minimum absolute atomic E-state index is 0.125. The largest absolute Gasteiger partial charge is 0.493 e. The summed E-state index contributed by atoms with van der Waals surface area (Å²) < 4.78 is 17.2. The fraction of sp³-hybridized carbons (Fsp3) is 0.343. The molecule has 0 saturated carbocycles. The second-order valence-electron chi connectivity index (χ2n) is 11.4. The molecule has 3 atom stereocenters. The average molecular weight is 658 g/mol. The van der Waals surface area contributed by atoms with Crippen molar-refractivity contribution in [2.75, 3.05) is 32.0 Å². The van der Waals surface area contributed by atoms with Crippen molar-refractivity contribution in [1.29, 1.82) is 0 Å².